The maximum Gasteiger partial charge on any atom is 0.201 e. The fourth-order valence-electron chi connectivity index (χ4n) is 1.82. The molecule has 2 aromatic heterocycles. The number of nitrogens with two attached hydrogens (primary N) is 1. The SMILES string of the molecule is Nc1nc2ccc(F)c(F)c2n1Cc1ccon1. The summed E-state index contributed by atoms with van der Waals surface area (Å²) in [6.07, 6.45) is 1.39. The first kappa shape index (κ1) is 10.7. The standard InChI is InChI=1S/C11H8F2N4O/c12-7-1-2-8-10(9(7)13)17(11(14)15-8)5-6-3-4-18-16-6/h1-4H,5H2,(H2,14,15). The molecule has 0 saturated carbocycles. The highest BCUT2D eigenvalue weighted by molar-refractivity contribution is 5.79. The summed E-state index contributed by atoms with van der Waals surface area (Å²) in [5, 5.41) is 3.70. The second-order valence-electron chi connectivity index (χ2n) is 3.78. The van der Waals surface area contributed by atoms with Gasteiger partial charge in [-0.3, -0.25) is 0 Å². The average Bonchev–Trinajstić information content (AvgIpc) is 2.94. The van der Waals surface area contributed by atoms with E-state index in [0.717, 1.165) is 6.07 Å². The van der Waals surface area contributed by atoms with Gasteiger partial charge < -0.3 is 14.8 Å². The lowest BCUT2D eigenvalue weighted by molar-refractivity contribution is 0.410. The number of imidazole rings is 1. The fraction of sp³-hybridized carbons (Fsp3) is 0.0909. The fourth-order valence-corrected chi connectivity index (χ4v) is 1.82. The first-order chi connectivity index (χ1) is 8.66. The van der Waals surface area contributed by atoms with Crippen LogP contribution in [0, 0.1) is 11.6 Å². The van der Waals surface area contributed by atoms with Gasteiger partial charge in [-0.25, -0.2) is 13.8 Å². The zero-order valence-corrected chi connectivity index (χ0v) is 9.10. The van der Waals surface area contributed by atoms with Gasteiger partial charge in [-0.15, -0.1) is 0 Å². The van der Waals surface area contributed by atoms with Crippen molar-refractivity contribution in [3.05, 3.63) is 41.8 Å². The highest BCUT2D eigenvalue weighted by Gasteiger charge is 2.16. The molecule has 0 aliphatic carbocycles. The third-order valence-corrected chi connectivity index (χ3v) is 2.64. The molecule has 2 N–H and O–H groups in total. The molecule has 0 bridgehead atoms. The highest BCUT2D eigenvalue weighted by atomic mass is 19.2. The number of fused-ring (bicyclic) bond motifs is 1. The third kappa shape index (κ3) is 1.52. The second-order valence-corrected chi connectivity index (χ2v) is 3.78. The van der Waals surface area contributed by atoms with Crippen molar-refractivity contribution >= 4 is 17.0 Å². The zero-order chi connectivity index (χ0) is 12.7. The van der Waals surface area contributed by atoms with Crippen LogP contribution in [-0.2, 0) is 6.54 Å². The van der Waals surface area contributed by atoms with Gasteiger partial charge in [0.25, 0.3) is 0 Å². The number of rotatable bonds is 2. The Kier molecular flexibility index (Phi) is 2.26. The van der Waals surface area contributed by atoms with Crippen molar-refractivity contribution in [2.45, 2.75) is 6.54 Å². The Hall–Kier alpha value is -2.44. The van der Waals surface area contributed by atoms with Crippen LogP contribution in [0.3, 0.4) is 0 Å². The lowest BCUT2D eigenvalue weighted by Gasteiger charge is -2.04. The first-order valence-electron chi connectivity index (χ1n) is 5.16. The average molecular weight is 250 g/mol. The molecule has 0 saturated heterocycles. The molecule has 3 rings (SSSR count). The molecular formula is C11H8F2N4O. The summed E-state index contributed by atoms with van der Waals surface area (Å²) >= 11 is 0. The molecule has 0 radical (unpaired) electrons. The molecule has 0 atom stereocenters. The van der Waals surface area contributed by atoms with Gasteiger partial charge in [0.15, 0.2) is 11.6 Å². The Morgan fingerprint density at radius 1 is 1.28 bits per heavy atom. The predicted octanol–water partition coefficient (Wildman–Crippen LogP) is 1.93. The van der Waals surface area contributed by atoms with Crippen LogP contribution in [0.4, 0.5) is 14.7 Å². The molecule has 2 heterocycles. The van der Waals surface area contributed by atoms with E-state index < -0.39 is 11.6 Å². The minimum absolute atomic E-state index is 0.0236. The van der Waals surface area contributed by atoms with Crippen LogP contribution < -0.4 is 5.73 Å². The maximum absolute atomic E-state index is 13.8. The number of nitrogen functional groups attached to an aromatic ring is 1. The molecule has 3 aromatic rings. The molecule has 0 fully saturated rings. The van der Waals surface area contributed by atoms with Crippen LogP contribution in [0.25, 0.3) is 11.0 Å². The number of anilines is 1. The van der Waals surface area contributed by atoms with Crippen LogP contribution in [-0.4, -0.2) is 14.7 Å². The van der Waals surface area contributed by atoms with E-state index in [1.54, 1.807) is 6.07 Å². The van der Waals surface area contributed by atoms with Crippen LogP contribution in [0.1, 0.15) is 5.69 Å². The summed E-state index contributed by atoms with van der Waals surface area (Å²) in [6.45, 7) is 0.166. The van der Waals surface area contributed by atoms with Crippen LogP contribution in [0.5, 0.6) is 0 Å². The minimum atomic E-state index is -0.972. The molecule has 0 unspecified atom stereocenters. The Morgan fingerprint density at radius 2 is 2.11 bits per heavy atom. The highest BCUT2D eigenvalue weighted by Crippen LogP contribution is 2.23. The molecule has 18 heavy (non-hydrogen) atoms. The number of hydrogen-bond acceptors (Lipinski definition) is 4. The molecule has 92 valence electrons. The Balaban J connectivity index is 2.21. The molecule has 0 aliphatic heterocycles. The quantitative estimate of drug-likeness (QED) is 0.754. The smallest absolute Gasteiger partial charge is 0.201 e. The normalized spacial score (nSPS) is 11.2. The molecule has 7 heteroatoms. The van der Waals surface area contributed by atoms with Gasteiger partial charge in [0.1, 0.15) is 17.5 Å². The van der Waals surface area contributed by atoms with E-state index >= 15 is 0 Å². The molecule has 0 aliphatic rings. The van der Waals surface area contributed by atoms with Gasteiger partial charge in [0.2, 0.25) is 5.95 Å². The van der Waals surface area contributed by atoms with E-state index in [-0.39, 0.29) is 18.0 Å². The number of hydrogen-bond donors (Lipinski definition) is 1. The lowest BCUT2D eigenvalue weighted by atomic mass is 10.3. The van der Waals surface area contributed by atoms with Crippen LogP contribution >= 0.6 is 0 Å². The summed E-state index contributed by atoms with van der Waals surface area (Å²) in [5.74, 6) is -1.82. The Bertz CT molecular complexity index is 705. The monoisotopic (exact) mass is 250 g/mol. The zero-order valence-electron chi connectivity index (χ0n) is 9.10. The largest absolute Gasteiger partial charge is 0.369 e. The van der Waals surface area contributed by atoms with E-state index in [2.05, 4.69) is 14.7 Å². The third-order valence-electron chi connectivity index (χ3n) is 2.64. The summed E-state index contributed by atoms with van der Waals surface area (Å²) in [4.78, 5) is 3.97. The van der Waals surface area contributed by atoms with E-state index in [0.29, 0.717) is 11.2 Å². The van der Waals surface area contributed by atoms with Crippen molar-refractivity contribution in [1.29, 1.82) is 0 Å². The predicted molar refractivity (Wildman–Crippen MR) is 59.7 cm³/mol. The molecule has 0 spiro atoms. The first-order valence-corrected chi connectivity index (χ1v) is 5.16. The number of halogens is 2. The van der Waals surface area contributed by atoms with Crippen LogP contribution in [0.2, 0.25) is 0 Å². The van der Waals surface area contributed by atoms with E-state index in [4.69, 9.17) is 5.73 Å². The van der Waals surface area contributed by atoms with E-state index in [9.17, 15) is 8.78 Å². The van der Waals surface area contributed by atoms with Crippen molar-refractivity contribution in [2.75, 3.05) is 5.73 Å². The van der Waals surface area contributed by atoms with Gasteiger partial charge in [-0.2, -0.15) is 0 Å². The molecule has 0 amide bonds. The van der Waals surface area contributed by atoms with Gasteiger partial charge in [-0.1, -0.05) is 5.16 Å². The summed E-state index contributed by atoms with van der Waals surface area (Å²) < 4.78 is 33.0. The van der Waals surface area contributed by atoms with Crippen molar-refractivity contribution in [1.82, 2.24) is 14.7 Å². The summed E-state index contributed by atoms with van der Waals surface area (Å²) in [7, 11) is 0. The molecule has 5 nitrogen and oxygen atoms in total. The van der Waals surface area contributed by atoms with E-state index in [1.807, 2.05) is 0 Å². The van der Waals surface area contributed by atoms with Crippen molar-refractivity contribution in [2.24, 2.45) is 0 Å². The Morgan fingerprint density at radius 3 is 2.83 bits per heavy atom. The number of aromatic nitrogens is 3. The lowest BCUT2D eigenvalue weighted by Crippen LogP contribution is -2.06. The van der Waals surface area contributed by atoms with Crippen molar-refractivity contribution in [3.8, 4) is 0 Å². The van der Waals surface area contributed by atoms with Gasteiger partial charge >= 0.3 is 0 Å². The number of nitrogens with zero attached hydrogens (tertiary/aromatic N) is 3. The van der Waals surface area contributed by atoms with Crippen molar-refractivity contribution in [3.63, 3.8) is 0 Å². The summed E-state index contributed by atoms with van der Waals surface area (Å²) in [5.41, 5.74) is 6.56. The maximum atomic E-state index is 13.8. The Labute approximate surface area is 99.8 Å². The molecular weight excluding hydrogens is 242 g/mol. The van der Waals surface area contributed by atoms with Crippen LogP contribution in [0.15, 0.2) is 29.0 Å². The summed E-state index contributed by atoms with van der Waals surface area (Å²) in [6, 6.07) is 4.01. The van der Waals surface area contributed by atoms with Gasteiger partial charge in [-0.05, 0) is 12.1 Å². The van der Waals surface area contributed by atoms with Gasteiger partial charge in [0, 0.05) is 6.07 Å². The van der Waals surface area contributed by atoms with E-state index in [1.165, 1.54) is 16.9 Å². The number of benzene rings is 1. The molecule has 1 aromatic carbocycles. The minimum Gasteiger partial charge on any atom is -0.369 e. The second kappa shape index (κ2) is 3.80. The van der Waals surface area contributed by atoms with Gasteiger partial charge in [0.05, 0.1) is 12.1 Å². The van der Waals surface area contributed by atoms with Crippen molar-refractivity contribution < 1.29 is 13.3 Å². The topological polar surface area (TPSA) is 69.9 Å².